The van der Waals surface area contributed by atoms with Crippen molar-refractivity contribution in [2.24, 2.45) is 7.05 Å². The number of fused-ring (bicyclic) bond motifs is 1. The fourth-order valence-corrected chi connectivity index (χ4v) is 3.53. The molecule has 90 valence electrons. The lowest BCUT2D eigenvalue weighted by Gasteiger charge is -2.26. The molecule has 0 bridgehead atoms. The molecule has 0 atom stereocenters. The van der Waals surface area contributed by atoms with Gasteiger partial charge in [-0.05, 0) is 32.9 Å². The van der Waals surface area contributed by atoms with E-state index in [-0.39, 0.29) is 0 Å². The number of thiophene rings is 1. The Morgan fingerprint density at radius 2 is 2.41 bits per heavy atom. The van der Waals surface area contributed by atoms with Crippen molar-refractivity contribution in [1.29, 1.82) is 0 Å². The first-order valence-electron chi connectivity index (χ1n) is 5.67. The number of aryl methyl sites for hydroxylation is 1. The summed E-state index contributed by atoms with van der Waals surface area (Å²) in [4.78, 5) is 6.93. The van der Waals surface area contributed by atoms with Crippen molar-refractivity contribution in [2.75, 3.05) is 6.54 Å². The molecule has 0 N–H and O–H groups in total. The molecule has 2 aromatic heterocycles. The molecule has 0 fully saturated rings. The number of aromatic nitrogens is 2. The van der Waals surface area contributed by atoms with Gasteiger partial charge in [0, 0.05) is 38.8 Å². The second-order valence-corrected chi connectivity index (χ2v) is 6.76. The van der Waals surface area contributed by atoms with Crippen molar-refractivity contribution >= 4 is 27.3 Å². The summed E-state index contributed by atoms with van der Waals surface area (Å²) >= 11 is 5.26. The van der Waals surface area contributed by atoms with E-state index in [1.165, 1.54) is 20.7 Å². The van der Waals surface area contributed by atoms with E-state index >= 15 is 0 Å². The quantitative estimate of drug-likeness (QED) is 0.850. The standard InChI is InChI=1S/C12H14BrN3S/c1-15-8-14-10-6-16(3-2-11(10)15)5-9-4-12(13)17-7-9/h4,7-8H,2-3,5-6H2,1H3. The van der Waals surface area contributed by atoms with Gasteiger partial charge in [-0.1, -0.05) is 0 Å². The Morgan fingerprint density at radius 1 is 1.53 bits per heavy atom. The highest BCUT2D eigenvalue weighted by molar-refractivity contribution is 9.11. The van der Waals surface area contributed by atoms with Crippen LogP contribution in [0.1, 0.15) is 17.0 Å². The molecule has 3 heterocycles. The highest BCUT2D eigenvalue weighted by Crippen LogP contribution is 2.24. The van der Waals surface area contributed by atoms with E-state index in [0.717, 1.165) is 26.1 Å². The van der Waals surface area contributed by atoms with E-state index in [0.29, 0.717) is 0 Å². The zero-order valence-electron chi connectivity index (χ0n) is 9.69. The second kappa shape index (κ2) is 4.55. The van der Waals surface area contributed by atoms with E-state index in [4.69, 9.17) is 0 Å². The maximum Gasteiger partial charge on any atom is 0.0949 e. The Balaban J connectivity index is 1.72. The molecule has 0 amide bonds. The van der Waals surface area contributed by atoms with Crippen molar-refractivity contribution < 1.29 is 0 Å². The predicted octanol–water partition coefficient (Wildman–Crippen LogP) is 2.80. The minimum Gasteiger partial charge on any atom is -0.337 e. The minimum atomic E-state index is 0.976. The number of nitrogens with zero attached hydrogens (tertiary/aromatic N) is 3. The maximum absolute atomic E-state index is 4.47. The van der Waals surface area contributed by atoms with Crippen molar-refractivity contribution in [3.8, 4) is 0 Å². The van der Waals surface area contributed by atoms with E-state index in [2.05, 4.69) is 48.9 Å². The molecule has 17 heavy (non-hydrogen) atoms. The lowest BCUT2D eigenvalue weighted by Crippen LogP contribution is -2.30. The van der Waals surface area contributed by atoms with Gasteiger partial charge < -0.3 is 4.57 Å². The first kappa shape index (κ1) is 11.4. The molecule has 0 saturated heterocycles. The van der Waals surface area contributed by atoms with Gasteiger partial charge in [0.2, 0.25) is 0 Å². The van der Waals surface area contributed by atoms with Crippen LogP contribution in [-0.4, -0.2) is 21.0 Å². The fourth-order valence-electron chi connectivity index (χ4n) is 2.33. The van der Waals surface area contributed by atoms with Crippen LogP contribution in [0.25, 0.3) is 0 Å². The minimum absolute atomic E-state index is 0.976. The fraction of sp³-hybridized carbons (Fsp3) is 0.417. The first-order valence-corrected chi connectivity index (χ1v) is 7.34. The molecule has 0 aromatic carbocycles. The number of hydrogen-bond acceptors (Lipinski definition) is 3. The Hall–Kier alpha value is -0.650. The van der Waals surface area contributed by atoms with Gasteiger partial charge in [0.05, 0.1) is 15.8 Å². The SMILES string of the molecule is Cn1cnc2c1CCN(Cc1csc(Br)c1)C2. The zero-order valence-corrected chi connectivity index (χ0v) is 12.1. The molecule has 0 spiro atoms. The summed E-state index contributed by atoms with van der Waals surface area (Å²) in [6.45, 7) is 3.13. The molecule has 3 rings (SSSR count). The van der Waals surface area contributed by atoms with Gasteiger partial charge in [-0.3, -0.25) is 4.90 Å². The predicted molar refractivity (Wildman–Crippen MR) is 73.0 cm³/mol. The molecule has 2 aromatic rings. The third-order valence-electron chi connectivity index (χ3n) is 3.21. The van der Waals surface area contributed by atoms with Crippen molar-refractivity contribution in [3.05, 3.63) is 38.5 Å². The van der Waals surface area contributed by atoms with Crippen molar-refractivity contribution in [2.45, 2.75) is 19.5 Å². The molecule has 0 unspecified atom stereocenters. The Bertz CT molecular complexity index is 532. The average molecular weight is 312 g/mol. The molecule has 3 nitrogen and oxygen atoms in total. The van der Waals surface area contributed by atoms with Crippen molar-refractivity contribution in [3.63, 3.8) is 0 Å². The molecular weight excluding hydrogens is 298 g/mol. The Labute approximate surface area is 113 Å². The molecule has 0 aliphatic carbocycles. The third-order valence-corrected chi connectivity index (χ3v) is 4.77. The summed E-state index contributed by atoms with van der Waals surface area (Å²) in [5, 5.41) is 2.22. The molecular formula is C12H14BrN3S. The summed E-state index contributed by atoms with van der Waals surface area (Å²) in [6.07, 6.45) is 3.03. The number of imidazole rings is 1. The normalized spacial score (nSPS) is 16.1. The van der Waals surface area contributed by atoms with Crippen LogP contribution in [0, 0.1) is 0 Å². The monoisotopic (exact) mass is 311 g/mol. The van der Waals surface area contributed by atoms with Gasteiger partial charge in [-0.2, -0.15) is 0 Å². The molecule has 5 heteroatoms. The Morgan fingerprint density at radius 3 is 3.18 bits per heavy atom. The smallest absolute Gasteiger partial charge is 0.0949 e. The van der Waals surface area contributed by atoms with Crippen LogP contribution < -0.4 is 0 Å². The highest BCUT2D eigenvalue weighted by Gasteiger charge is 2.19. The summed E-state index contributed by atoms with van der Waals surface area (Å²) < 4.78 is 3.36. The Kier molecular flexibility index (Phi) is 3.06. The van der Waals surface area contributed by atoms with Crippen LogP contribution >= 0.6 is 27.3 Å². The van der Waals surface area contributed by atoms with Gasteiger partial charge in [-0.25, -0.2) is 4.98 Å². The summed E-state index contributed by atoms with van der Waals surface area (Å²) in [7, 11) is 2.08. The van der Waals surface area contributed by atoms with Gasteiger partial charge in [0.25, 0.3) is 0 Å². The van der Waals surface area contributed by atoms with Crippen LogP contribution in [0.15, 0.2) is 21.6 Å². The maximum atomic E-state index is 4.47. The first-order chi connectivity index (χ1) is 8.22. The molecule has 0 radical (unpaired) electrons. The average Bonchev–Trinajstić information content (AvgIpc) is 2.87. The summed E-state index contributed by atoms with van der Waals surface area (Å²) in [5.41, 5.74) is 4.03. The molecule has 1 aliphatic heterocycles. The van der Waals surface area contributed by atoms with E-state index in [9.17, 15) is 0 Å². The number of hydrogen-bond donors (Lipinski definition) is 0. The van der Waals surface area contributed by atoms with Gasteiger partial charge in [-0.15, -0.1) is 11.3 Å². The second-order valence-electron chi connectivity index (χ2n) is 4.47. The molecule has 1 aliphatic rings. The topological polar surface area (TPSA) is 21.1 Å². The highest BCUT2D eigenvalue weighted by atomic mass is 79.9. The van der Waals surface area contributed by atoms with Crippen molar-refractivity contribution in [1.82, 2.24) is 14.5 Å². The van der Waals surface area contributed by atoms with Crippen LogP contribution in [0.5, 0.6) is 0 Å². The lowest BCUT2D eigenvalue weighted by molar-refractivity contribution is 0.240. The van der Waals surface area contributed by atoms with Crippen LogP contribution in [0.4, 0.5) is 0 Å². The zero-order chi connectivity index (χ0) is 11.8. The van der Waals surface area contributed by atoms with E-state index in [1.807, 2.05) is 6.33 Å². The van der Waals surface area contributed by atoms with Gasteiger partial charge in [0.1, 0.15) is 0 Å². The van der Waals surface area contributed by atoms with Crippen LogP contribution in [0.3, 0.4) is 0 Å². The van der Waals surface area contributed by atoms with Crippen LogP contribution in [0.2, 0.25) is 0 Å². The number of rotatable bonds is 2. The van der Waals surface area contributed by atoms with Crippen LogP contribution in [-0.2, 0) is 26.6 Å². The van der Waals surface area contributed by atoms with E-state index < -0.39 is 0 Å². The van der Waals surface area contributed by atoms with E-state index in [1.54, 1.807) is 11.3 Å². The largest absolute Gasteiger partial charge is 0.337 e. The molecule has 0 saturated carbocycles. The third kappa shape index (κ3) is 2.32. The summed E-state index contributed by atoms with van der Waals surface area (Å²) in [5.74, 6) is 0. The summed E-state index contributed by atoms with van der Waals surface area (Å²) in [6, 6.07) is 2.21. The van der Waals surface area contributed by atoms with Gasteiger partial charge >= 0.3 is 0 Å². The number of halogens is 1. The lowest BCUT2D eigenvalue weighted by atomic mass is 10.1. The van der Waals surface area contributed by atoms with Gasteiger partial charge in [0.15, 0.2) is 0 Å².